The summed E-state index contributed by atoms with van der Waals surface area (Å²) in [7, 11) is 0. The SMILES string of the molecule is CC(C)c1ccc(C(=O)N2CCN(C(=O)c3ccc(N4CCCC4=O)cc3)CC2)cc1. The van der Waals surface area contributed by atoms with E-state index in [1.165, 1.54) is 5.56 Å². The number of piperazine rings is 1. The van der Waals surface area contributed by atoms with Crippen molar-refractivity contribution in [1.29, 1.82) is 0 Å². The molecule has 0 bridgehead atoms. The number of hydrogen-bond acceptors (Lipinski definition) is 3. The Morgan fingerprint density at radius 3 is 1.65 bits per heavy atom. The Hall–Kier alpha value is -3.15. The molecule has 2 aliphatic rings. The summed E-state index contributed by atoms with van der Waals surface area (Å²) in [4.78, 5) is 43.0. The summed E-state index contributed by atoms with van der Waals surface area (Å²) < 4.78 is 0. The summed E-state index contributed by atoms with van der Waals surface area (Å²) in [6.07, 6.45) is 1.47. The maximum absolute atomic E-state index is 12.9. The standard InChI is InChI=1S/C25H29N3O3/c1-18(2)19-5-7-20(8-6-19)24(30)26-14-16-27(17-15-26)25(31)21-9-11-22(12-10-21)28-13-3-4-23(28)29/h5-12,18H,3-4,13-17H2,1-2H3. The van der Waals surface area contributed by atoms with Gasteiger partial charge in [-0.2, -0.15) is 0 Å². The molecule has 0 aliphatic carbocycles. The van der Waals surface area contributed by atoms with E-state index in [0.717, 1.165) is 18.7 Å². The highest BCUT2D eigenvalue weighted by Crippen LogP contribution is 2.22. The third-order valence-corrected chi connectivity index (χ3v) is 6.18. The second-order valence-electron chi connectivity index (χ2n) is 8.56. The number of rotatable bonds is 4. The molecule has 2 aromatic rings. The molecule has 6 nitrogen and oxygen atoms in total. The fraction of sp³-hybridized carbons (Fsp3) is 0.400. The molecule has 3 amide bonds. The normalized spacial score (nSPS) is 16.9. The lowest BCUT2D eigenvalue weighted by molar-refractivity contribution is -0.117. The van der Waals surface area contributed by atoms with Crippen LogP contribution in [0.3, 0.4) is 0 Å². The second-order valence-corrected chi connectivity index (χ2v) is 8.56. The number of benzene rings is 2. The van der Waals surface area contributed by atoms with Gasteiger partial charge < -0.3 is 14.7 Å². The van der Waals surface area contributed by atoms with Gasteiger partial charge in [-0.25, -0.2) is 0 Å². The van der Waals surface area contributed by atoms with E-state index >= 15 is 0 Å². The quantitative estimate of drug-likeness (QED) is 0.762. The molecule has 0 N–H and O–H groups in total. The topological polar surface area (TPSA) is 60.9 Å². The van der Waals surface area contributed by atoms with Crippen LogP contribution < -0.4 is 4.90 Å². The number of hydrogen-bond donors (Lipinski definition) is 0. The van der Waals surface area contributed by atoms with Crippen LogP contribution >= 0.6 is 0 Å². The molecular weight excluding hydrogens is 390 g/mol. The van der Waals surface area contributed by atoms with Crippen LogP contribution in [0.4, 0.5) is 5.69 Å². The Balaban J connectivity index is 1.34. The molecule has 0 unspecified atom stereocenters. The highest BCUT2D eigenvalue weighted by atomic mass is 16.2. The van der Waals surface area contributed by atoms with Gasteiger partial charge in [-0.1, -0.05) is 26.0 Å². The summed E-state index contributed by atoms with van der Waals surface area (Å²) in [5.74, 6) is 0.553. The highest BCUT2D eigenvalue weighted by molar-refractivity contribution is 5.98. The molecule has 2 aliphatic heterocycles. The van der Waals surface area contributed by atoms with E-state index < -0.39 is 0 Å². The van der Waals surface area contributed by atoms with E-state index in [4.69, 9.17) is 0 Å². The molecule has 2 fully saturated rings. The second kappa shape index (κ2) is 8.92. The molecule has 0 spiro atoms. The fourth-order valence-corrected chi connectivity index (χ4v) is 4.19. The zero-order chi connectivity index (χ0) is 22.0. The lowest BCUT2D eigenvalue weighted by Crippen LogP contribution is -2.50. The predicted octanol–water partition coefficient (Wildman–Crippen LogP) is 3.54. The number of anilines is 1. The van der Waals surface area contributed by atoms with Crippen molar-refractivity contribution in [1.82, 2.24) is 9.80 Å². The van der Waals surface area contributed by atoms with E-state index in [0.29, 0.717) is 49.6 Å². The molecule has 0 atom stereocenters. The van der Waals surface area contributed by atoms with Gasteiger partial charge in [-0.15, -0.1) is 0 Å². The molecule has 0 aromatic heterocycles. The first-order valence-electron chi connectivity index (χ1n) is 11.0. The van der Waals surface area contributed by atoms with Crippen LogP contribution in [0.5, 0.6) is 0 Å². The van der Waals surface area contributed by atoms with Crippen molar-refractivity contribution in [2.24, 2.45) is 0 Å². The Bertz CT molecular complexity index is 959. The van der Waals surface area contributed by atoms with Gasteiger partial charge in [-0.3, -0.25) is 14.4 Å². The molecule has 2 saturated heterocycles. The van der Waals surface area contributed by atoms with Gasteiger partial charge in [0.05, 0.1) is 0 Å². The zero-order valence-electron chi connectivity index (χ0n) is 18.2. The monoisotopic (exact) mass is 419 g/mol. The van der Waals surface area contributed by atoms with E-state index in [1.807, 2.05) is 41.3 Å². The Morgan fingerprint density at radius 2 is 1.23 bits per heavy atom. The van der Waals surface area contributed by atoms with Crippen molar-refractivity contribution >= 4 is 23.4 Å². The fourth-order valence-electron chi connectivity index (χ4n) is 4.19. The van der Waals surface area contributed by atoms with Crippen molar-refractivity contribution in [3.63, 3.8) is 0 Å². The third-order valence-electron chi connectivity index (χ3n) is 6.18. The number of carbonyl (C=O) groups is 3. The molecule has 0 radical (unpaired) electrons. The van der Waals surface area contributed by atoms with Crippen LogP contribution in [0.15, 0.2) is 48.5 Å². The van der Waals surface area contributed by atoms with E-state index in [1.54, 1.807) is 21.9 Å². The van der Waals surface area contributed by atoms with E-state index in [9.17, 15) is 14.4 Å². The Morgan fingerprint density at radius 1 is 0.742 bits per heavy atom. The molecule has 4 rings (SSSR count). The lowest BCUT2D eigenvalue weighted by atomic mass is 10.0. The summed E-state index contributed by atoms with van der Waals surface area (Å²) in [5.41, 5.74) is 3.36. The zero-order valence-corrected chi connectivity index (χ0v) is 18.2. The number of carbonyl (C=O) groups excluding carboxylic acids is 3. The van der Waals surface area contributed by atoms with Crippen molar-refractivity contribution in [2.75, 3.05) is 37.6 Å². The maximum atomic E-state index is 12.9. The van der Waals surface area contributed by atoms with E-state index in [2.05, 4.69) is 13.8 Å². The van der Waals surface area contributed by atoms with Crippen molar-refractivity contribution in [3.05, 3.63) is 65.2 Å². The van der Waals surface area contributed by atoms with Crippen LogP contribution in [0.25, 0.3) is 0 Å². The van der Waals surface area contributed by atoms with Crippen LogP contribution in [0.2, 0.25) is 0 Å². The smallest absolute Gasteiger partial charge is 0.253 e. The minimum atomic E-state index is -0.0346. The molecule has 31 heavy (non-hydrogen) atoms. The van der Waals surface area contributed by atoms with Gasteiger partial charge >= 0.3 is 0 Å². The Kier molecular flexibility index (Phi) is 6.07. The van der Waals surface area contributed by atoms with Crippen LogP contribution in [0, 0.1) is 0 Å². The van der Waals surface area contributed by atoms with Crippen LogP contribution in [-0.2, 0) is 4.79 Å². The molecule has 2 heterocycles. The minimum absolute atomic E-state index is 0.0158. The number of amides is 3. The highest BCUT2D eigenvalue weighted by Gasteiger charge is 2.26. The van der Waals surface area contributed by atoms with Crippen molar-refractivity contribution in [2.45, 2.75) is 32.6 Å². The van der Waals surface area contributed by atoms with Crippen LogP contribution in [0.1, 0.15) is 58.9 Å². The van der Waals surface area contributed by atoms with Crippen molar-refractivity contribution in [3.8, 4) is 0 Å². The first kappa shape index (κ1) is 21.1. The molecule has 2 aromatic carbocycles. The summed E-state index contributed by atoms with van der Waals surface area (Å²) in [6.45, 7) is 7.08. The third kappa shape index (κ3) is 4.48. The van der Waals surface area contributed by atoms with Gasteiger partial charge in [0.25, 0.3) is 11.8 Å². The van der Waals surface area contributed by atoms with Gasteiger partial charge in [-0.05, 0) is 54.3 Å². The van der Waals surface area contributed by atoms with Gasteiger partial charge in [0.1, 0.15) is 0 Å². The first-order valence-corrected chi connectivity index (χ1v) is 11.0. The lowest BCUT2D eigenvalue weighted by Gasteiger charge is -2.35. The molecular formula is C25H29N3O3. The summed E-state index contributed by atoms with van der Waals surface area (Å²) >= 11 is 0. The average Bonchev–Trinajstić information content (AvgIpc) is 3.24. The van der Waals surface area contributed by atoms with Crippen LogP contribution in [-0.4, -0.2) is 60.2 Å². The molecule has 162 valence electrons. The largest absolute Gasteiger partial charge is 0.335 e. The minimum Gasteiger partial charge on any atom is -0.335 e. The van der Waals surface area contributed by atoms with Gasteiger partial charge in [0.2, 0.25) is 5.91 Å². The summed E-state index contributed by atoms with van der Waals surface area (Å²) in [6, 6.07) is 15.1. The first-order chi connectivity index (χ1) is 14.9. The summed E-state index contributed by atoms with van der Waals surface area (Å²) in [5, 5.41) is 0. The van der Waals surface area contributed by atoms with Gasteiger partial charge in [0.15, 0.2) is 0 Å². The number of nitrogens with zero attached hydrogens (tertiary/aromatic N) is 3. The van der Waals surface area contributed by atoms with E-state index in [-0.39, 0.29) is 17.7 Å². The Labute approximate surface area is 183 Å². The average molecular weight is 420 g/mol. The van der Waals surface area contributed by atoms with Crippen molar-refractivity contribution < 1.29 is 14.4 Å². The molecule has 0 saturated carbocycles. The predicted molar refractivity (Wildman–Crippen MR) is 120 cm³/mol. The molecule has 6 heteroatoms. The maximum Gasteiger partial charge on any atom is 0.253 e. The van der Waals surface area contributed by atoms with Gasteiger partial charge in [0, 0.05) is 56.0 Å².